The maximum atomic E-state index is 12.6. The lowest BCUT2D eigenvalue weighted by atomic mass is 10.1. The summed E-state index contributed by atoms with van der Waals surface area (Å²) in [6.45, 7) is 0.118. The summed E-state index contributed by atoms with van der Waals surface area (Å²) in [5, 5.41) is 11.5. The topological polar surface area (TPSA) is 58.6 Å². The quantitative estimate of drug-likeness (QED) is 0.807. The minimum atomic E-state index is -4.43. The summed E-state index contributed by atoms with van der Waals surface area (Å²) in [4.78, 5) is 11.8. The van der Waals surface area contributed by atoms with Crippen molar-refractivity contribution in [2.75, 3.05) is 20.3 Å². The van der Waals surface area contributed by atoms with Gasteiger partial charge in [0.05, 0.1) is 24.6 Å². The number of methoxy groups -OCH3 is 1. The number of ether oxygens (including phenoxy) is 1. The van der Waals surface area contributed by atoms with Crippen LogP contribution in [0.3, 0.4) is 0 Å². The van der Waals surface area contributed by atoms with Gasteiger partial charge in [-0.2, -0.15) is 13.2 Å². The predicted molar refractivity (Wildman–Crippen MR) is 70.7 cm³/mol. The number of hydrogen-bond acceptors (Lipinski definition) is 3. The van der Waals surface area contributed by atoms with Crippen molar-refractivity contribution in [3.63, 3.8) is 0 Å². The molecule has 0 aliphatic carbocycles. The Balaban J connectivity index is 2.66. The standard InChI is InChI=1S/C14H18F3NO3/c1-21-9-12(5-6-19)18-13(20)8-10-3-2-4-11(7-10)14(15,16)17/h2-4,7,12,19H,5-6,8-9H2,1H3,(H,18,20). The Morgan fingerprint density at radius 2 is 2.14 bits per heavy atom. The van der Waals surface area contributed by atoms with Gasteiger partial charge in [-0.3, -0.25) is 4.79 Å². The second-order valence-electron chi connectivity index (χ2n) is 4.61. The van der Waals surface area contributed by atoms with Gasteiger partial charge in [0.1, 0.15) is 0 Å². The molecule has 1 amide bonds. The number of aliphatic hydroxyl groups excluding tert-OH is 1. The molecule has 0 bridgehead atoms. The zero-order valence-corrected chi connectivity index (χ0v) is 11.6. The molecule has 1 aromatic rings. The van der Waals surface area contributed by atoms with Gasteiger partial charge in [-0.1, -0.05) is 18.2 Å². The summed E-state index contributed by atoms with van der Waals surface area (Å²) in [5.74, 6) is -0.412. The summed E-state index contributed by atoms with van der Waals surface area (Å²) in [7, 11) is 1.46. The average molecular weight is 305 g/mol. The lowest BCUT2D eigenvalue weighted by molar-refractivity contribution is -0.137. The predicted octanol–water partition coefficient (Wildman–Crippen LogP) is 1.76. The van der Waals surface area contributed by atoms with Gasteiger partial charge >= 0.3 is 6.18 Å². The van der Waals surface area contributed by atoms with E-state index in [4.69, 9.17) is 9.84 Å². The lowest BCUT2D eigenvalue weighted by Gasteiger charge is -2.17. The fourth-order valence-electron chi connectivity index (χ4n) is 1.88. The van der Waals surface area contributed by atoms with Crippen LogP contribution in [0.25, 0.3) is 0 Å². The Morgan fingerprint density at radius 1 is 1.43 bits per heavy atom. The molecule has 4 nitrogen and oxygen atoms in total. The smallest absolute Gasteiger partial charge is 0.396 e. The molecular weight excluding hydrogens is 287 g/mol. The summed E-state index contributed by atoms with van der Waals surface area (Å²) in [5.41, 5.74) is -0.501. The molecule has 0 aromatic heterocycles. The molecule has 2 N–H and O–H groups in total. The number of carbonyl (C=O) groups is 1. The number of alkyl halides is 3. The van der Waals surface area contributed by atoms with Gasteiger partial charge in [0, 0.05) is 13.7 Å². The van der Waals surface area contributed by atoms with Gasteiger partial charge in [-0.05, 0) is 18.1 Å². The van der Waals surface area contributed by atoms with Crippen LogP contribution in [0.2, 0.25) is 0 Å². The van der Waals surface area contributed by atoms with Crippen molar-refractivity contribution in [1.29, 1.82) is 0 Å². The van der Waals surface area contributed by atoms with Crippen LogP contribution in [0.5, 0.6) is 0 Å². The van der Waals surface area contributed by atoms with E-state index in [1.54, 1.807) is 0 Å². The van der Waals surface area contributed by atoms with E-state index in [-0.39, 0.29) is 31.2 Å². The maximum absolute atomic E-state index is 12.6. The minimum absolute atomic E-state index is 0.113. The zero-order valence-electron chi connectivity index (χ0n) is 11.6. The van der Waals surface area contributed by atoms with E-state index in [1.165, 1.54) is 19.2 Å². The summed E-state index contributed by atoms with van der Waals surface area (Å²) < 4.78 is 42.6. The van der Waals surface area contributed by atoms with Crippen LogP contribution in [0.4, 0.5) is 13.2 Å². The third-order valence-corrected chi connectivity index (χ3v) is 2.83. The number of nitrogens with one attached hydrogen (secondary N) is 1. The summed E-state index contributed by atoms with van der Waals surface area (Å²) in [6.07, 6.45) is -4.26. The number of carbonyl (C=O) groups excluding carboxylic acids is 1. The molecule has 0 heterocycles. The molecule has 118 valence electrons. The first kappa shape index (κ1) is 17.5. The molecule has 1 aromatic carbocycles. The van der Waals surface area contributed by atoms with Crippen molar-refractivity contribution < 1.29 is 27.8 Å². The molecule has 0 saturated heterocycles. The van der Waals surface area contributed by atoms with Crippen LogP contribution in [-0.4, -0.2) is 37.4 Å². The molecule has 0 radical (unpaired) electrons. The molecule has 0 spiro atoms. The van der Waals surface area contributed by atoms with E-state index < -0.39 is 17.6 Å². The normalized spacial score (nSPS) is 13.0. The largest absolute Gasteiger partial charge is 0.416 e. The van der Waals surface area contributed by atoms with Gasteiger partial charge in [0.25, 0.3) is 0 Å². The van der Waals surface area contributed by atoms with Crippen molar-refractivity contribution in [3.8, 4) is 0 Å². The highest BCUT2D eigenvalue weighted by Crippen LogP contribution is 2.29. The van der Waals surface area contributed by atoms with Crippen molar-refractivity contribution in [2.24, 2.45) is 0 Å². The van der Waals surface area contributed by atoms with Crippen molar-refractivity contribution >= 4 is 5.91 Å². The van der Waals surface area contributed by atoms with E-state index in [0.29, 0.717) is 6.42 Å². The average Bonchev–Trinajstić information content (AvgIpc) is 2.38. The highest BCUT2D eigenvalue weighted by molar-refractivity contribution is 5.78. The zero-order chi connectivity index (χ0) is 15.9. The number of hydrogen-bond donors (Lipinski definition) is 2. The fourth-order valence-corrected chi connectivity index (χ4v) is 1.88. The van der Waals surface area contributed by atoms with Gasteiger partial charge in [0.15, 0.2) is 0 Å². The Morgan fingerprint density at radius 3 is 2.71 bits per heavy atom. The lowest BCUT2D eigenvalue weighted by Crippen LogP contribution is -2.39. The Kier molecular flexibility index (Phi) is 6.64. The van der Waals surface area contributed by atoms with Crippen LogP contribution in [0.15, 0.2) is 24.3 Å². The fraction of sp³-hybridized carbons (Fsp3) is 0.500. The second kappa shape index (κ2) is 7.99. The van der Waals surface area contributed by atoms with Crippen LogP contribution < -0.4 is 5.32 Å². The maximum Gasteiger partial charge on any atom is 0.416 e. The van der Waals surface area contributed by atoms with Gasteiger partial charge in [-0.25, -0.2) is 0 Å². The third kappa shape index (κ3) is 6.14. The van der Waals surface area contributed by atoms with Gasteiger partial charge in [0.2, 0.25) is 5.91 Å². The van der Waals surface area contributed by atoms with E-state index in [0.717, 1.165) is 12.1 Å². The van der Waals surface area contributed by atoms with E-state index in [1.807, 2.05) is 0 Å². The molecule has 1 atom stereocenters. The number of benzene rings is 1. The number of halogens is 3. The molecule has 1 rings (SSSR count). The summed E-state index contributed by atoms with van der Waals surface area (Å²) >= 11 is 0. The van der Waals surface area contributed by atoms with Gasteiger partial charge < -0.3 is 15.2 Å². The Hall–Kier alpha value is -1.60. The second-order valence-corrected chi connectivity index (χ2v) is 4.61. The Labute approximate surface area is 120 Å². The first-order chi connectivity index (χ1) is 9.86. The van der Waals surface area contributed by atoms with E-state index >= 15 is 0 Å². The van der Waals surface area contributed by atoms with Crippen LogP contribution in [0, 0.1) is 0 Å². The summed E-state index contributed by atoms with van der Waals surface area (Å²) in [6, 6.07) is 4.29. The molecule has 0 fully saturated rings. The SMILES string of the molecule is COCC(CCO)NC(=O)Cc1cccc(C(F)(F)F)c1. The number of rotatable bonds is 7. The molecule has 0 aliphatic heterocycles. The molecular formula is C14H18F3NO3. The van der Waals surface area contributed by atoms with E-state index in [2.05, 4.69) is 5.32 Å². The molecule has 0 aliphatic rings. The first-order valence-electron chi connectivity index (χ1n) is 6.42. The first-order valence-corrected chi connectivity index (χ1v) is 6.42. The van der Waals surface area contributed by atoms with Crippen molar-refractivity contribution in [2.45, 2.75) is 25.1 Å². The molecule has 21 heavy (non-hydrogen) atoms. The van der Waals surface area contributed by atoms with Crippen LogP contribution in [0.1, 0.15) is 17.5 Å². The molecule has 1 unspecified atom stereocenters. The monoisotopic (exact) mass is 305 g/mol. The highest BCUT2D eigenvalue weighted by Gasteiger charge is 2.30. The van der Waals surface area contributed by atoms with Crippen LogP contribution >= 0.6 is 0 Å². The molecule has 7 heteroatoms. The van der Waals surface area contributed by atoms with Crippen LogP contribution in [-0.2, 0) is 22.1 Å². The number of amides is 1. The molecule has 0 saturated carbocycles. The van der Waals surface area contributed by atoms with Gasteiger partial charge in [-0.15, -0.1) is 0 Å². The minimum Gasteiger partial charge on any atom is -0.396 e. The van der Waals surface area contributed by atoms with Crippen molar-refractivity contribution in [1.82, 2.24) is 5.32 Å². The number of aliphatic hydroxyl groups is 1. The highest BCUT2D eigenvalue weighted by atomic mass is 19.4. The van der Waals surface area contributed by atoms with Crippen molar-refractivity contribution in [3.05, 3.63) is 35.4 Å². The van der Waals surface area contributed by atoms with E-state index in [9.17, 15) is 18.0 Å². The third-order valence-electron chi connectivity index (χ3n) is 2.83. The Bertz CT molecular complexity index is 457.